The molecule has 0 bridgehead atoms. The molecule has 2 heterocycles. The maximum Gasteiger partial charge on any atom is 0.357 e. The van der Waals surface area contributed by atoms with Gasteiger partial charge in [0.05, 0.1) is 11.3 Å². The number of nitrogens with one attached hydrogen (secondary N) is 1. The van der Waals surface area contributed by atoms with Crippen LogP contribution in [-0.4, -0.2) is 43.4 Å². The van der Waals surface area contributed by atoms with E-state index in [0.717, 1.165) is 11.3 Å². The highest BCUT2D eigenvalue weighted by atomic mass is 32.2. The Hall–Kier alpha value is -1.19. The maximum atomic E-state index is 12.0. The first kappa shape index (κ1) is 14.2. The molecule has 2 rings (SSSR count). The predicted octanol–water partition coefficient (Wildman–Crippen LogP) is 1.01. The predicted molar refractivity (Wildman–Crippen MR) is 70.0 cm³/mol. The number of aromatic carboxylic acids is 1. The van der Waals surface area contributed by atoms with Crippen LogP contribution in [0.5, 0.6) is 0 Å². The van der Waals surface area contributed by atoms with Gasteiger partial charge in [0.25, 0.3) is 0 Å². The van der Waals surface area contributed by atoms with E-state index in [9.17, 15) is 13.2 Å². The Morgan fingerprint density at radius 2 is 2.21 bits per heavy atom. The van der Waals surface area contributed by atoms with Crippen molar-refractivity contribution in [2.45, 2.75) is 12.8 Å². The molecule has 1 saturated heterocycles. The minimum absolute atomic E-state index is 0.0205. The molecule has 106 valence electrons. The van der Waals surface area contributed by atoms with E-state index in [-0.39, 0.29) is 22.4 Å². The Bertz CT molecular complexity index is 548. The molecule has 1 aliphatic heterocycles. The third-order valence-electron chi connectivity index (χ3n) is 2.81. The van der Waals surface area contributed by atoms with Gasteiger partial charge in [0.1, 0.15) is 5.00 Å². The molecule has 0 saturated carbocycles. The molecule has 1 aromatic rings. The number of anilines is 1. The fourth-order valence-corrected chi connectivity index (χ4v) is 4.38. The molecule has 0 aromatic carbocycles. The number of carbonyl (C=O) groups is 1. The number of hydrogen-bond acceptors (Lipinski definition) is 6. The molecule has 9 heteroatoms. The van der Waals surface area contributed by atoms with Crippen LogP contribution < -0.4 is 4.72 Å². The van der Waals surface area contributed by atoms with Crippen LogP contribution in [0.3, 0.4) is 0 Å². The zero-order valence-corrected chi connectivity index (χ0v) is 11.7. The van der Waals surface area contributed by atoms with Crippen LogP contribution in [0.4, 0.5) is 5.00 Å². The Kier molecular flexibility index (Phi) is 4.38. The van der Waals surface area contributed by atoms with Crippen LogP contribution in [0.2, 0.25) is 0 Å². The average Bonchev–Trinajstić information content (AvgIpc) is 2.77. The Morgan fingerprint density at radius 3 is 2.84 bits per heavy atom. The molecule has 19 heavy (non-hydrogen) atoms. The van der Waals surface area contributed by atoms with Crippen molar-refractivity contribution in [3.8, 4) is 0 Å². The highest BCUT2D eigenvalue weighted by Gasteiger charge is 2.24. The standard InChI is InChI=1S/C10H14N2O5S2/c13-10(14)8-9(18-6-11-8)12-19(15,16)5-7-1-3-17-4-2-7/h6-7,12H,1-5H2,(H,13,14). The molecular formula is C10H14N2O5S2. The number of hydrogen-bond donors (Lipinski definition) is 2. The van der Waals surface area contributed by atoms with E-state index in [2.05, 4.69) is 9.71 Å². The van der Waals surface area contributed by atoms with E-state index in [4.69, 9.17) is 9.84 Å². The second-order valence-corrected chi connectivity index (χ2v) is 6.90. The number of carboxylic acid groups (broad SMARTS) is 1. The molecule has 0 radical (unpaired) electrons. The lowest BCUT2D eigenvalue weighted by molar-refractivity contribution is 0.0692. The summed E-state index contributed by atoms with van der Waals surface area (Å²) in [7, 11) is -3.56. The summed E-state index contributed by atoms with van der Waals surface area (Å²) in [5.41, 5.74) is 1.04. The van der Waals surface area contributed by atoms with Gasteiger partial charge in [-0.3, -0.25) is 4.72 Å². The number of aromatic nitrogens is 1. The third kappa shape index (κ3) is 3.88. The highest BCUT2D eigenvalue weighted by Crippen LogP contribution is 2.23. The van der Waals surface area contributed by atoms with Crippen LogP contribution in [-0.2, 0) is 14.8 Å². The summed E-state index contributed by atoms with van der Waals surface area (Å²) in [5.74, 6) is -1.22. The van der Waals surface area contributed by atoms with Crippen molar-refractivity contribution < 1.29 is 23.1 Å². The number of carboxylic acids is 1. The molecule has 0 atom stereocenters. The van der Waals surface area contributed by atoms with Crippen molar-refractivity contribution in [2.24, 2.45) is 5.92 Å². The van der Waals surface area contributed by atoms with Gasteiger partial charge in [0.15, 0.2) is 5.69 Å². The quantitative estimate of drug-likeness (QED) is 0.841. The van der Waals surface area contributed by atoms with E-state index in [0.29, 0.717) is 26.1 Å². The molecule has 1 aliphatic rings. The van der Waals surface area contributed by atoms with Gasteiger partial charge in [-0.25, -0.2) is 18.2 Å². The molecule has 1 fully saturated rings. The van der Waals surface area contributed by atoms with Gasteiger partial charge in [-0.1, -0.05) is 0 Å². The van der Waals surface area contributed by atoms with Gasteiger partial charge >= 0.3 is 5.97 Å². The van der Waals surface area contributed by atoms with Gasteiger partial charge in [0, 0.05) is 13.2 Å². The lowest BCUT2D eigenvalue weighted by atomic mass is 10.0. The molecule has 7 nitrogen and oxygen atoms in total. The Morgan fingerprint density at radius 1 is 1.53 bits per heavy atom. The first-order valence-electron chi connectivity index (χ1n) is 5.73. The second-order valence-electron chi connectivity index (χ2n) is 4.27. The lowest BCUT2D eigenvalue weighted by Gasteiger charge is -2.21. The lowest BCUT2D eigenvalue weighted by Crippen LogP contribution is -2.27. The normalized spacial score (nSPS) is 17.3. The molecular weight excluding hydrogens is 292 g/mol. The fourth-order valence-electron chi connectivity index (χ4n) is 1.88. The summed E-state index contributed by atoms with van der Waals surface area (Å²) in [5, 5.41) is 8.92. The van der Waals surface area contributed by atoms with Crippen LogP contribution in [0.1, 0.15) is 23.3 Å². The molecule has 0 spiro atoms. The number of ether oxygens (including phenoxy) is 1. The van der Waals surface area contributed by atoms with Gasteiger partial charge in [0.2, 0.25) is 10.0 Å². The molecule has 1 aromatic heterocycles. The molecule has 0 unspecified atom stereocenters. The van der Waals surface area contributed by atoms with Gasteiger partial charge in [-0.15, -0.1) is 11.3 Å². The smallest absolute Gasteiger partial charge is 0.357 e. The van der Waals surface area contributed by atoms with Crippen molar-refractivity contribution in [1.29, 1.82) is 0 Å². The van der Waals surface area contributed by atoms with E-state index in [1.165, 1.54) is 5.51 Å². The summed E-state index contributed by atoms with van der Waals surface area (Å²) in [6.45, 7) is 1.14. The van der Waals surface area contributed by atoms with E-state index in [1.54, 1.807) is 0 Å². The number of thiazole rings is 1. The SMILES string of the molecule is O=C(O)c1ncsc1NS(=O)(=O)CC1CCOCC1. The summed E-state index contributed by atoms with van der Waals surface area (Å²) >= 11 is 0.960. The zero-order valence-electron chi connectivity index (χ0n) is 10.0. The summed E-state index contributed by atoms with van der Waals surface area (Å²) in [6, 6.07) is 0. The summed E-state index contributed by atoms with van der Waals surface area (Å²) in [6.07, 6.45) is 1.41. The monoisotopic (exact) mass is 306 g/mol. The Balaban J connectivity index is 2.04. The highest BCUT2D eigenvalue weighted by molar-refractivity contribution is 7.92. The second kappa shape index (κ2) is 5.85. The Labute approximate surface area is 114 Å². The minimum atomic E-state index is -3.56. The van der Waals surface area contributed by atoms with Gasteiger partial charge in [-0.05, 0) is 18.8 Å². The average molecular weight is 306 g/mol. The van der Waals surface area contributed by atoms with Crippen molar-refractivity contribution in [3.05, 3.63) is 11.2 Å². The van der Waals surface area contributed by atoms with Gasteiger partial charge in [-0.2, -0.15) is 0 Å². The number of sulfonamides is 1. The van der Waals surface area contributed by atoms with Crippen molar-refractivity contribution >= 4 is 32.3 Å². The van der Waals surface area contributed by atoms with Crippen LogP contribution in [0.25, 0.3) is 0 Å². The molecule has 0 amide bonds. The van der Waals surface area contributed by atoms with Gasteiger partial charge < -0.3 is 9.84 Å². The first-order chi connectivity index (χ1) is 8.98. The van der Waals surface area contributed by atoms with Crippen LogP contribution in [0.15, 0.2) is 5.51 Å². The van der Waals surface area contributed by atoms with Crippen LogP contribution >= 0.6 is 11.3 Å². The fraction of sp³-hybridized carbons (Fsp3) is 0.600. The van der Waals surface area contributed by atoms with Crippen molar-refractivity contribution in [2.75, 3.05) is 23.7 Å². The molecule has 0 aliphatic carbocycles. The van der Waals surface area contributed by atoms with Crippen molar-refractivity contribution in [3.63, 3.8) is 0 Å². The molecule has 2 N–H and O–H groups in total. The van der Waals surface area contributed by atoms with E-state index < -0.39 is 16.0 Å². The first-order valence-corrected chi connectivity index (χ1v) is 8.26. The van der Waals surface area contributed by atoms with E-state index >= 15 is 0 Å². The number of nitrogens with zero attached hydrogens (tertiary/aromatic N) is 1. The topological polar surface area (TPSA) is 106 Å². The number of rotatable bonds is 5. The minimum Gasteiger partial charge on any atom is -0.476 e. The van der Waals surface area contributed by atoms with Crippen molar-refractivity contribution in [1.82, 2.24) is 4.98 Å². The largest absolute Gasteiger partial charge is 0.476 e. The summed E-state index contributed by atoms with van der Waals surface area (Å²) in [4.78, 5) is 14.5. The summed E-state index contributed by atoms with van der Waals surface area (Å²) < 4.78 is 31.4. The maximum absolute atomic E-state index is 12.0. The van der Waals surface area contributed by atoms with E-state index in [1.807, 2.05) is 0 Å². The third-order valence-corrected chi connectivity index (χ3v) is 5.11. The zero-order chi connectivity index (χ0) is 13.9. The van der Waals surface area contributed by atoms with Crippen LogP contribution in [0, 0.1) is 5.92 Å².